The van der Waals surface area contributed by atoms with Crippen molar-refractivity contribution in [2.75, 3.05) is 32.2 Å². The highest BCUT2D eigenvalue weighted by Gasteiger charge is 2.24. The zero-order valence-corrected chi connectivity index (χ0v) is 19.3. The number of morpholine rings is 1. The molecule has 3 unspecified atom stereocenters. The summed E-state index contributed by atoms with van der Waals surface area (Å²) in [5.41, 5.74) is 2.03. The molecule has 0 saturated carbocycles. The van der Waals surface area contributed by atoms with Gasteiger partial charge in [0.2, 0.25) is 0 Å². The van der Waals surface area contributed by atoms with E-state index in [1.165, 1.54) is 6.07 Å². The highest BCUT2D eigenvalue weighted by atomic mass is 19.1. The van der Waals surface area contributed by atoms with Crippen LogP contribution in [0.2, 0.25) is 0 Å². The van der Waals surface area contributed by atoms with Crippen molar-refractivity contribution in [3.05, 3.63) is 53.3 Å². The molecule has 2 aromatic rings. The van der Waals surface area contributed by atoms with Crippen LogP contribution in [0.4, 0.5) is 14.9 Å². The van der Waals surface area contributed by atoms with Gasteiger partial charge in [-0.15, -0.1) is 0 Å². The van der Waals surface area contributed by atoms with E-state index in [2.05, 4.69) is 10.6 Å². The predicted molar refractivity (Wildman–Crippen MR) is 122 cm³/mol. The Bertz CT molecular complexity index is 929. The van der Waals surface area contributed by atoms with E-state index < -0.39 is 0 Å². The first-order valence-corrected chi connectivity index (χ1v) is 10.8. The lowest BCUT2D eigenvalue weighted by Crippen LogP contribution is -2.45. The first-order valence-electron chi connectivity index (χ1n) is 10.8. The molecule has 0 bridgehead atoms. The number of hydrogen-bond acceptors (Lipinski definition) is 5. The van der Waals surface area contributed by atoms with Crippen molar-refractivity contribution in [2.24, 2.45) is 0 Å². The summed E-state index contributed by atoms with van der Waals surface area (Å²) in [6, 6.07) is 9.81. The summed E-state index contributed by atoms with van der Waals surface area (Å²) in [5, 5.41) is 5.66. The second kappa shape index (κ2) is 10.5. The summed E-state index contributed by atoms with van der Waals surface area (Å²) in [6.07, 6.45) is 0.0989. The molecule has 0 aromatic heterocycles. The fourth-order valence-corrected chi connectivity index (χ4v) is 3.98. The van der Waals surface area contributed by atoms with E-state index in [4.69, 9.17) is 14.2 Å². The van der Waals surface area contributed by atoms with Gasteiger partial charge in [0, 0.05) is 25.2 Å². The number of urea groups is 1. The van der Waals surface area contributed by atoms with Gasteiger partial charge in [0.05, 0.1) is 38.2 Å². The second-order valence-electron chi connectivity index (χ2n) is 8.10. The van der Waals surface area contributed by atoms with Gasteiger partial charge in [-0.05, 0) is 56.7 Å². The van der Waals surface area contributed by atoms with Crippen LogP contribution >= 0.6 is 0 Å². The standard InChI is InChI=1S/C24H32FN3O4/c1-15-13-28(14-16(2)32-15)22-8-6-18(10-21(22)25)12-26-24(29)27-17(3)20-11-19(30-4)7-9-23(20)31-5/h6-11,15-17H,12-14H2,1-5H3,(H2,26,27,29). The van der Waals surface area contributed by atoms with Crippen LogP contribution < -0.4 is 25.0 Å². The highest BCUT2D eigenvalue weighted by molar-refractivity contribution is 5.74. The Morgan fingerprint density at radius 3 is 2.50 bits per heavy atom. The summed E-state index contributed by atoms with van der Waals surface area (Å²) < 4.78 is 31.1. The lowest BCUT2D eigenvalue weighted by molar-refractivity contribution is -0.00539. The number of nitrogens with zero attached hydrogens (tertiary/aromatic N) is 1. The molecule has 1 saturated heterocycles. The Labute approximate surface area is 188 Å². The third kappa shape index (κ3) is 5.82. The van der Waals surface area contributed by atoms with Crippen LogP contribution in [0, 0.1) is 5.82 Å². The lowest BCUT2D eigenvalue weighted by atomic mass is 10.1. The molecule has 3 rings (SSSR count). The number of ether oxygens (including phenoxy) is 3. The molecule has 2 N–H and O–H groups in total. The molecule has 0 aliphatic carbocycles. The van der Waals surface area contributed by atoms with Crippen molar-refractivity contribution in [2.45, 2.75) is 45.6 Å². The summed E-state index contributed by atoms with van der Waals surface area (Å²) in [4.78, 5) is 14.4. The number of halogens is 1. The molecule has 2 amide bonds. The summed E-state index contributed by atoms with van der Waals surface area (Å²) in [5.74, 6) is 1.03. The molecule has 1 heterocycles. The van der Waals surface area contributed by atoms with Crippen LogP contribution in [0.15, 0.2) is 36.4 Å². The minimum atomic E-state index is -0.359. The van der Waals surface area contributed by atoms with Crippen LogP contribution in [0.3, 0.4) is 0 Å². The zero-order chi connectivity index (χ0) is 23.3. The Morgan fingerprint density at radius 1 is 1.16 bits per heavy atom. The number of methoxy groups -OCH3 is 2. The van der Waals surface area contributed by atoms with Crippen molar-refractivity contribution in [3.8, 4) is 11.5 Å². The van der Waals surface area contributed by atoms with Gasteiger partial charge in [0.1, 0.15) is 17.3 Å². The van der Waals surface area contributed by atoms with Gasteiger partial charge in [-0.25, -0.2) is 9.18 Å². The number of carbonyl (C=O) groups is 1. The topological polar surface area (TPSA) is 72.1 Å². The van der Waals surface area contributed by atoms with Crippen LogP contribution in [0.5, 0.6) is 11.5 Å². The molecule has 1 fully saturated rings. The molecule has 1 aliphatic rings. The number of rotatable bonds is 7. The molecular formula is C24H32FN3O4. The van der Waals surface area contributed by atoms with Crippen LogP contribution in [0.25, 0.3) is 0 Å². The van der Waals surface area contributed by atoms with E-state index in [1.807, 2.05) is 37.8 Å². The summed E-state index contributed by atoms with van der Waals surface area (Å²) >= 11 is 0. The molecule has 0 radical (unpaired) electrons. The van der Waals surface area contributed by atoms with Crippen LogP contribution in [-0.4, -0.2) is 45.5 Å². The van der Waals surface area contributed by atoms with Crippen molar-refractivity contribution >= 4 is 11.7 Å². The third-order valence-corrected chi connectivity index (χ3v) is 5.48. The van der Waals surface area contributed by atoms with Gasteiger partial charge in [0.15, 0.2) is 0 Å². The monoisotopic (exact) mass is 445 g/mol. The zero-order valence-electron chi connectivity index (χ0n) is 19.3. The molecule has 2 aromatic carbocycles. The number of anilines is 1. The molecule has 0 spiro atoms. The third-order valence-electron chi connectivity index (χ3n) is 5.48. The summed E-state index contributed by atoms with van der Waals surface area (Å²) in [7, 11) is 3.16. The molecular weight excluding hydrogens is 413 g/mol. The Hall–Kier alpha value is -3.00. The smallest absolute Gasteiger partial charge is 0.315 e. The first-order chi connectivity index (χ1) is 15.3. The van der Waals surface area contributed by atoms with E-state index in [0.29, 0.717) is 35.8 Å². The van der Waals surface area contributed by atoms with Gasteiger partial charge < -0.3 is 29.7 Å². The van der Waals surface area contributed by atoms with Gasteiger partial charge >= 0.3 is 6.03 Å². The highest BCUT2D eigenvalue weighted by Crippen LogP contribution is 2.29. The Morgan fingerprint density at radius 2 is 1.88 bits per heavy atom. The lowest BCUT2D eigenvalue weighted by Gasteiger charge is -2.37. The SMILES string of the molecule is COc1ccc(OC)c(C(C)NC(=O)NCc2ccc(N3CC(C)OC(C)C3)c(F)c2)c1. The fraction of sp³-hybridized carbons (Fsp3) is 0.458. The maximum atomic E-state index is 14.8. The maximum Gasteiger partial charge on any atom is 0.315 e. The maximum absolute atomic E-state index is 14.8. The molecule has 32 heavy (non-hydrogen) atoms. The minimum Gasteiger partial charge on any atom is -0.497 e. The average Bonchev–Trinajstić information content (AvgIpc) is 2.76. The summed E-state index contributed by atoms with van der Waals surface area (Å²) in [6.45, 7) is 7.33. The number of amides is 2. The van der Waals surface area contributed by atoms with Crippen LogP contribution in [0.1, 0.15) is 37.9 Å². The van der Waals surface area contributed by atoms with E-state index in [1.54, 1.807) is 32.4 Å². The number of nitrogens with one attached hydrogen (secondary N) is 2. The van der Waals surface area contributed by atoms with E-state index in [9.17, 15) is 9.18 Å². The van der Waals surface area contributed by atoms with Gasteiger partial charge in [-0.2, -0.15) is 0 Å². The van der Waals surface area contributed by atoms with Gasteiger partial charge in [-0.3, -0.25) is 0 Å². The van der Waals surface area contributed by atoms with Crippen molar-refractivity contribution in [1.29, 1.82) is 0 Å². The Kier molecular flexibility index (Phi) is 7.80. The first kappa shape index (κ1) is 23.7. The Balaban J connectivity index is 1.59. The van der Waals surface area contributed by atoms with E-state index in [0.717, 1.165) is 5.56 Å². The van der Waals surface area contributed by atoms with Crippen molar-refractivity contribution in [3.63, 3.8) is 0 Å². The average molecular weight is 446 g/mol. The quantitative estimate of drug-likeness (QED) is 0.674. The molecule has 8 heteroatoms. The van der Waals surface area contributed by atoms with Crippen LogP contribution in [-0.2, 0) is 11.3 Å². The molecule has 1 aliphatic heterocycles. The minimum absolute atomic E-state index is 0.0494. The molecule has 3 atom stereocenters. The van der Waals surface area contributed by atoms with Gasteiger partial charge in [0.25, 0.3) is 0 Å². The second-order valence-corrected chi connectivity index (χ2v) is 8.10. The van der Waals surface area contributed by atoms with Crippen molar-refractivity contribution < 1.29 is 23.4 Å². The number of benzene rings is 2. The molecule has 174 valence electrons. The largest absolute Gasteiger partial charge is 0.497 e. The fourth-order valence-electron chi connectivity index (χ4n) is 3.98. The predicted octanol–water partition coefficient (Wildman–Crippen LogP) is 4.02. The van der Waals surface area contributed by atoms with E-state index >= 15 is 0 Å². The molecule has 7 nitrogen and oxygen atoms in total. The van der Waals surface area contributed by atoms with Gasteiger partial charge in [-0.1, -0.05) is 6.07 Å². The van der Waals surface area contributed by atoms with E-state index in [-0.39, 0.29) is 36.6 Å². The number of hydrogen-bond donors (Lipinski definition) is 2. The van der Waals surface area contributed by atoms with Crippen molar-refractivity contribution in [1.82, 2.24) is 10.6 Å². The normalized spacial score (nSPS) is 19.2. The number of carbonyl (C=O) groups excluding carboxylic acids is 1.